The second-order valence-electron chi connectivity index (χ2n) is 4.75. The minimum absolute atomic E-state index is 0. The number of quaternary nitrogens is 1. The molecule has 2 atom stereocenters. The number of rotatable bonds is 4. The van der Waals surface area contributed by atoms with Gasteiger partial charge in [-0.25, -0.2) is 10.0 Å². The Hall–Kier alpha value is -1.18. The minimum Gasteiger partial charge on any atom is -1.00 e. The summed E-state index contributed by atoms with van der Waals surface area (Å²) in [4.78, 5) is 4.33. The van der Waals surface area contributed by atoms with Crippen LogP contribution in [0.4, 0.5) is 5.69 Å². The molecule has 108 valence electrons. The lowest BCUT2D eigenvalue weighted by molar-refractivity contribution is -0.905. The molecule has 0 radical (unpaired) electrons. The van der Waals surface area contributed by atoms with Crippen LogP contribution in [-0.4, -0.2) is 30.7 Å². The van der Waals surface area contributed by atoms with Crippen LogP contribution in [0.5, 0.6) is 0 Å². The Morgan fingerprint density at radius 2 is 2.05 bits per heavy atom. The monoisotopic (exact) mass is 384 g/mol. The van der Waals surface area contributed by atoms with E-state index in [2.05, 4.69) is 42.7 Å². The van der Waals surface area contributed by atoms with Crippen molar-refractivity contribution in [1.82, 2.24) is 0 Å². The van der Waals surface area contributed by atoms with Gasteiger partial charge in [0.1, 0.15) is 5.70 Å². The van der Waals surface area contributed by atoms with E-state index >= 15 is 0 Å². The van der Waals surface area contributed by atoms with Crippen LogP contribution in [0.25, 0.3) is 0 Å². The van der Waals surface area contributed by atoms with Crippen molar-refractivity contribution in [1.29, 1.82) is 0 Å². The van der Waals surface area contributed by atoms with E-state index in [1.807, 2.05) is 30.4 Å². The Kier molecular flexibility index (Phi) is 5.91. The molecule has 2 N–H and O–H groups in total. The predicted molar refractivity (Wildman–Crippen MR) is 80.4 cm³/mol. The SMILES string of the molecule is C=CCN(c1ccccc1)[N+]1(C)C(C)=CC=NC1N.[I-]. The zero-order chi connectivity index (χ0) is 13.9. The third-order valence-corrected chi connectivity index (χ3v) is 3.64. The molecule has 0 amide bonds. The predicted octanol–water partition coefficient (Wildman–Crippen LogP) is -0.725. The Bertz CT molecular complexity index is 512. The van der Waals surface area contributed by atoms with Gasteiger partial charge in [0.2, 0.25) is 0 Å². The molecule has 1 heterocycles. The lowest BCUT2D eigenvalue weighted by Gasteiger charge is -2.46. The fraction of sp³-hybridized carbons (Fsp3) is 0.267. The molecule has 0 aromatic heterocycles. The van der Waals surface area contributed by atoms with Gasteiger partial charge in [-0.05, 0) is 12.1 Å². The molecule has 0 aliphatic carbocycles. The Morgan fingerprint density at radius 3 is 2.60 bits per heavy atom. The van der Waals surface area contributed by atoms with Crippen LogP contribution in [0, 0.1) is 0 Å². The molecule has 0 saturated carbocycles. The molecule has 1 aromatic rings. The van der Waals surface area contributed by atoms with E-state index in [1.165, 1.54) is 0 Å². The minimum atomic E-state index is -0.342. The maximum atomic E-state index is 6.23. The van der Waals surface area contributed by atoms with E-state index in [-0.39, 0.29) is 30.3 Å². The number of nitrogens with two attached hydrogens (primary N) is 1. The highest BCUT2D eigenvalue weighted by Gasteiger charge is 2.40. The number of para-hydroxylation sites is 1. The molecular weight excluding hydrogens is 363 g/mol. The molecular formula is C15H21IN4. The van der Waals surface area contributed by atoms with Gasteiger partial charge in [-0.1, -0.05) is 24.3 Å². The van der Waals surface area contributed by atoms with Gasteiger partial charge in [0.05, 0.1) is 19.3 Å². The van der Waals surface area contributed by atoms with Crippen molar-refractivity contribution in [2.75, 3.05) is 18.6 Å². The smallest absolute Gasteiger partial charge is 0.265 e. The highest BCUT2D eigenvalue weighted by Crippen LogP contribution is 2.29. The second kappa shape index (κ2) is 7.01. The van der Waals surface area contributed by atoms with Crippen molar-refractivity contribution in [3.05, 3.63) is 54.8 Å². The van der Waals surface area contributed by atoms with Gasteiger partial charge in [0.25, 0.3) is 6.29 Å². The maximum Gasteiger partial charge on any atom is 0.265 e. The highest BCUT2D eigenvalue weighted by atomic mass is 127. The summed E-state index contributed by atoms with van der Waals surface area (Å²) in [6, 6.07) is 10.2. The number of benzene rings is 1. The summed E-state index contributed by atoms with van der Waals surface area (Å²) in [6.07, 6.45) is 5.32. The number of hydrogen-bond acceptors (Lipinski definition) is 3. The van der Waals surface area contributed by atoms with Crippen LogP contribution in [0.2, 0.25) is 0 Å². The molecule has 5 heteroatoms. The van der Waals surface area contributed by atoms with Crippen LogP contribution >= 0.6 is 0 Å². The van der Waals surface area contributed by atoms with E-state index in [9.17, 15) is 0 Å². The summed E-state index contributed by atoms with van der Waals surface area (Å²) in [5.74, 6) is 0. The van der Waals surface area contributed by atoms with Gasteiger partial charge in [0, 0.05) is 19.2 Å². The topological polar surface area (TPSA) is 41.6 Å². The quantitative estimate of drug-likeness (QED) is 0.423. The van der Waals surface area contributed by atoms with Crippen molar-refractivity contribution in [3.63, 3.8) is 0 Å². The second-order valence-corrected chi connectivity index (χ2v) is 4.75. The van der Waals surface area contributed by atoms with Crippen molar-refractivity contribution in [3.8, 4) is 0 Å². The van der Waals surface area contributed by atoms with Crippen LogP contribution in [-0.2, 0) is 0 Å². The number of nitrogens with zero attached hydrogens (tertiary/aromatic N) is 3. The Labute approximate surface area is 137 Å². The third-order valence-electron chi connectivity index (χ3n) is 3.64. The molecule has 1 aromatic carbocycles. The zero-order valence-corrected chi connectivity index (χ0v) is 14.1. The van der Waals surface area contributed by atoms with E-state index < -0.39 is 0 Å². The molecule has 4 nitrogen and oxygen atoms in total. The molecule has 1 aliphatic heterocycles. The summed E-state index contributed by atoms with van der Waals surface area (Å²) in [7, 11) is 2.07. The summed E-state index contributed by atoms with van der Waals surface area (Å²) in [5.41, 5.74) is 8.48. The molecule has 1 aliphatic rings. The third kappa shape index (κ3) is 2.94. The molecule has 20 heavy (non-hydrogen) atoms. The van der Waals surface area contributed by atoms with Gasteiger partial charge < -0.3 is 24.0 Å². The zero-order valence-electron chi connectivity index (χ0n) is 11.9. The standard InChI is InChI=1S/C15H21N4.HI/c1-4-12-18(14-8-6-5-7-9-14)19(3)13(2)10-11-17-15(19)16;/h4-11,15H,1,12,16H2,2-3H3;1H/q+1;/p-1. The van der Waals surface area contributed by atoms with E-state index in [1.54, 1.807) is 6.21 Å². The number of aliphatic imine (C=N–C) groups is 1. The van der Waals surface area contributed by atoms with Crippen LogP contribution in [0.3, 0.4) is 0 Å². The number of halogens is 1. The Morgan fingerprint density at radius 1 is 1.40 bits per heavy atom. The first-order chi connectivity index (χ1) is 9.10. The van der Waals surface area contributed by atoms with Gasteiger partial charge in [-0.15, -0.1) is 6.58 Å². The molecule has 0 fully saturated rings. The van der Waals surface area contributed by atoms with Gasteiger partial charge in [-0.2, -0.15) is 4.59 Å². The van der Waals surface area contributed by atoms with Crippen LogP contribution < -0.4 is 34.7 Å². The molecule has 2 rings (SSSR count). The van der Waals surface area contributed by atoms with Gasteiger partial charge in [0.15, 0.2) is 0 Å². The number of allylic oxidation sites excluding steroid dienone is 2. The Balaban J connectivity index is 0.00000200. The van der Waals surface area contributed by atoms with Crippen LogP contribution in [0.15, 0.2) is 59.8 Å². The number of anilines is 1. The normalized spacial score (nSPS) is 24.6. The van der Waals surface area contributed by atoms with E-state index in [4.69, 9.17) is 5.73 Å². The summed E-state index contributed by atoms with van der Waals surface area (Å²) < 4.78 is 0.437. The van der Waals surface area contributed by atoms with Crippen LogP contribution in [0.1, 0.15) is 6.92 Å². The first-order valence-corrected chi connectivity index (χ1v) is 6.37. The highest BCUT2D eigenvalue weighted by molar-refractivity contribution is 5.72. The summed E-state index contributed by atoms with van der Waals surface area (Å²) in [6.45, 7) is 6.63. The lowest BCUT2D eigenvalue weighted by atomic mass is 10.2. The summed E-state index contributed by atoms with van der Waals surface area (Å²) in [5, 5.41) is 2.19. The van der Waals surface area contributed by atoms with Gasteiger partial charge >= 0.3 is 0 Å². The first kappa shape index (κ1) is 16.9. The molecule has 0 bridgehead atoms. The van der Waals surface area contributed by atoms with Crippen molar-refractivity contribution < 1.29 is 28.6 Å². The number of hydrogen-bond donors (Lipinski definition) is 1. The molecule has 0 spiro atoms. The first-order valence-electron chi connectivity index (χ1n) is 6.37. The average molecular weight is 384 g/mol. The van der Waals surface area contributed by atoms with Gasteiger partial charge in [-0.3, -0.25) is 5.73 Å². The lowest BCUT2D eigenvalue weighted by Crippen LogP contribution is -3.00. The van der Waals surface area contributed by atoms with Crippen molar-refractivity contribution in [2.45, 2.75) is 13.2 Å². The van der Waals surface area contributed by atoms with Crippen molar-refractivity contribution >= 4 is 11.9 Å². The fourth-order valence-electron chi connectivity index (χ4n) is 2.30. The van der Waals surface area contributed by atoms with E-state index in [0.29, 0.717) is 11.1 Å². The molecule has 2 unspecified atom stereocenters. The van der Waals surface area contributed by atoms with E-state index in [0.717, 1.165) is 11.4 Å². The maximum absolute atomic E-state index is 6.23. The summed E-state index contributed by atoms with van der Waals surface area (Å²) >= 11 is 0. The fourth-order valence-corrected chi connectivity index (χ4v) is 2.30. The van der Waals surface area contributed by atoms with Crippen molar-refractivity contribution in [2.24, 2.45) is 10.7 Å². The molecule has 0 saturated heterocycles. The average Bonchev–Trinajstić information content (AvgIpc) is 2.43. The largest absolute Gasteiger partial charge is 1.00 e.